The van der Waals surface area contributed by atoms with Gasteiger partial charge in [-0.2, -0.15) is 4.98 Å². The lowest BCUT2D eigenvalue weighted by Gasteiger charge is -2.06. The van der Waals surface area contributed by atoms with Crippen molar-refractivity contribution in [1.82, 2.24) is 10.1 Å². The second-order valence-electron chi connectivity index (χ2n) is 4.16. The van der Waals surface area contributed by atoms with E-state index in [9.17, 15) is 0 Å². The smallest absolute Gasteiger partial charge is 0.223 e. The van der Waals surface area contributed by atoms with Crippen LogP contribution in [0.25, 0.3) is 11.4 Å². The third-order valence-corrected chi connectivity index (χ3v) is 3.09. The van der Waals surface area contributed by atoms with E-state index in [1.54, 1.807) is 6.92 Å². The van der Waals surface area contributed by atoms with Crippen LogP contribution in [0.4, 0.5) is 0 Å². The van der Waals surface area contributed by atoms with Crippen molar-refractivity contribution >= 4 is 0 Å². The normalized spacial score (nSPS) is 18.8. The van der Waals surface area contributed by atoms with Crippen molar-refractivity contribution in [3.05, 3.63) is 35.2 Å². The van der Waals surface area contributed by atoms with Gasteiger partial charge in [0, 0.05) is 18.5 Å². The summed E-state index contributed by atoms with van der Waals surface area (Å²) in [4.78, 5) is 4.26. The van der Waals surface area contributed by atoms with Crippen LogP contribution in [-0.2, 0) is 6.42 Å². The number of aromatic nitrogens is 2. The molecule has 0 aliphatic heterocycles. The number of benzene rings is 1. The Labute approximate surface area is 93.5 Å². The summed E-state index contributed by atoms with van der Waals surface area (Å²) in [6.45, 7) is 1.80. The van der Waals surface area contributed by atoms with Gasteiger partial charge in [0.2, 0.25) is 11.7 Å². The van der Waals surface area contributed by atoms with E-state index in [1.165, 1.54) is 11.1 Å². The molecule has 4 nitrogen and oxygen atoms in total. The SMILES string of the molecule is Cc1nc(-c2cccc3c2CCC3N)no1. The van der Waals surface area contributed by atoms with Crippen LogP contribution in [0.2, 0.25) is 0 Å². The molecule has 1 aliphatic rings. The number of aryl methyl sites for hydroxylation is 1. The standard InChI is InChI=1S/C12H13N3O/c1-7-14-12(15-16-7)10-4-2-3-9-8(10)5-6-11(9)13/h2-4,11H,5-6,13H2,1H3. The molecule has 2 aromatic rings. The van der Waals surface area contributed by atoms with Gasteiger partial charge in [0.05, 0.1) is 0 Å². The number of nitrogens with two attached hydrogens (primary N) is 1. The van der Waals surface area contributed by atoms with Crippen LogP contribution in [-0.4, -0.2) is 10.1 Å². The molecule has 0 radical (unpaired) electrons. The molecule has 0 saturated heterocycles. The zero-order chi connectivity index (χ0) is 11.1. The maximum Gasteiger partial charge on any atom is 0.223 e. The summed E-state index contributed by atoms with van der Waals surface area (Å²) in [5.74, 6) is 1.26. The summed E-state index contributed by atoms with van der Waals surface area (Å²) in [6.07, 6.45) is 2.00. The molecule has 0 bridgehead atoms. The molecule has 3 rings (SSSR count). The predicted octanol–water partition coefficient (Wildman–Crippen LogP) is 1.99. The first-order valence-electron chi connectivity index (χ1n) is 5.44. The highest BCUT2D eigenvalue weighted by Gasteiger charge is 2.23. The fourth-order valence-electron chi connectivity index (χ4n) is 2.30. The van der Waals surface area contributed by atoms with Crippen LogP contribution in [0.3, 0.4) is 0 Å². The Morgan fingerprint density at radius 1 is 1.44 bits per heavy atom. The van der Waals surface area contributed by atoms with E-state index in [2.05, 4.69) is 16.2 Å². The van der Waals surface area contributed by atoms with Crippen molar-refractivity contribution in [2.24, 2.45) is 5.73 Å². The van der Waals surface area contributed by atoms with Gasteiger partial charge in [-0.1, -0.05) is 23.4 Å². The van der Waals surface area contributed by atoms with Crippen molar-refractivity contribution in [2.45, 2.75) is 25.8 Å². The Bertz CT molecular complexity index is 533. The highest BCUT2D eigenvalue weighted by molar-refractivity contribution is 5.63. The zero-order valence-corrected chi connectivity index (χ0v) is 9.10. The highest BCUT2D eigenvalue weighted by atomic mass is 16.5. The summed E-state index contributed by atoms with van der Waals surface area (Å²) in [5, 5.41) is 3.96. The van der Waals surface area contributed by atoms with Crippen molar-refractivity contribution < 1.29 is 4.52 Å². The molecule has 1 aromatic heterocycles. The third-order valence-electron chi connectivity index (χ3n) is 3.09. The molecule has 1 heterocycles. The first kappa shape index (κ1) is 9.54. The molecule has 0 saturated carbocycles. The maximum absolute atomic E-state index is 6.03. The number of rotatable bonds is 1. The van der Waals surface area contributed by atoms with Crippen LogP contribution in [0.1, 0.15) is 29.5 Å². The fraction of sp³-hybridized carbons (Fsp3) is 0.333. The molecule has 1 aliphatic carbocycles. The van der Waals surface area contributed by atoms with E-state index in [-0.39, 0.29) is 6.04 Å². The minimum Gasteiger partial charge on any atom is -0.339 e. The predicted molar refractivity (Wildman–Crippen MR) is 59.7 cm³/mol. The minimum atomic E-state index is 0.156. The van der Waals surface area contributed by atoms with Gasteiger partial charge in [-0.3, -0.25) is 0 Å². The van der Waals surface area contributed by atoms with Gasteiger partial charge < -0.3 is 10.3 Å². The van der Waals surface area contributed by atoms with Crippen LogP contribution < -0.4 is 5.73 Å². The molecule has 4 heteroatoms. The lowest BCUT2D eigenvalue weighted by atomic mass is 10.0. The highest BCUT2D eigenvalue weighted by Crippen LogP contribution is 2.35. The molecule has 1 unspecified atom stereocenters. The van der Waals surface area contributed by atoms with E-state index >= 15 is 0 Å². The Kier molecular flexibility index (Phi) is 2.04. The summed E-state index contributed by atoms with van der Waals surface area (Å²) < 4.78 is 5.01. The van der Waals surface area contributed by atoms with E-state index in [1.807, 2.05) is 12.1 Å². The first-order valence-corrected chi connectivity index (χ1v) is 5.44. The van der Waals surface area contributed by atoms with Crippen LogP contribution >= 0.6 is 0 Å². The first-order chi connectivity index (χ1) is 7.75. The average Bonchev–Trinajstić information content (AvgIpc) is 2.86. The van der Waals surface area contributed by atoms with Crippen LogP contribution in [0, 0.1) is 6.92 Å². The van der Waals surface area contributed by atoms with Gasteiger partial charge in [0.15, 0.2) is 0 Å². The number of hydrogen-bond acceptors (Lipinski definition) is 4. The molecule has 16 heavy (non-hydrogen) atoms. The van der Waals surface area contributed by atoms with Crippen molar-refractivity contribution in [2.75, 3.05) is 0 Å². The van der Waals surface area contributed by atoms with Crippen molar-refractivity contribution in [3.8, 4) is 11.4 Å². The second-order valence-corrected chi connectivity index (χ2v) is 4.16. The molecule has 1 aromatic carbocycles. The minimum absolute atomic E-state index is 0.156. The topological polar surface area (TPSA) is 64.9 Å². The number of hydrogen-bond donors (Lipinski definition) is 1. The Balaban J connectivity index is 2.16. The summed E-state index contributed by atoms with van der Waals surface area (Å²) in [6, 6.07) is 6.28. The molecule has 2 N–H and O–H groups in total. The number of nitrogens with zero attached hydrogens (tertiary/aromatic N) is 2. The van der Waals surface area contributed by atoms with Gasteiger partial charge in [0.1, 0.15) is 0 Å². The average molecular weight is 215 g/mol. The fourth-order valence-corrected chi connectivity index (χ4v) is 2.30. The molecular formula is C12H13N3O. The Morgan fingerprint density at radius 3 is 3.06 bits per heavy atom. The quantitative estimate of drug-likeness (QED) is 0.790. The van der Waals surface area contributed by atoms with Crippen molar-refractivity contribution in [3.63, 3.8) is 0 Å². The summed E-state index contributed by atoms with van der Waals surface area (Å²) in [7, 11) is 0. The Hall–Kier alpha value is -1.68. The molecular weight excluding hydrogens is 202 g/mol. The maximum atomic E-state index is 6.03. The van der Waals surface area contributed by atoms with E-state index < -0.39 is 0 Å². The monoisotopic (exact) mass is 215 g/mol. The third kappa shape index (κ3) is 1.34. The van der Waals surface area contributed by atoms with E-state index in [0.717, 1.165) is 18.4 Å². The molecule has 1 atom stereocenters. The zero-order valence-electron chi connectivity index (χ0n) is 9.10. The molecule has 0 amide bonds. The molecule has 0 fully saturated rings. The van der Waals surface area contributed by atoms with Gasteiger partial charge in [0.25, 0.3) is 0 Å². The summed E-state index contributed by atoms with van der Waals surface area (Å²) >= 11 is 0. The van der Waals surface area contributed by atoms with Gasteiger partial charge in [-0.05, 0) is 24.0 Å². The lowest BCUT2D eigenvalue weighted by Crippen LogP contribution is -2.04. The largest absolute Gasteiger partial charge is 0.339 e. The van der Waals surface area contributed by atoms with Gasteiger partial charge in [-0.25, -0.2) is 0 Å². The van der Waals surface area contributed by atoms with E-state index in [0.29, 0.717) is 11.7 Å². The van der Waals surface area contributed by atoms with Gasteiger partial charge >= 0.3 is 0 Å². The van der Waals surface area contributed by atoms with E-state index in [4.69, 9.17) is 10.3 Å². The molecule has 0 spiro atoms. The van der Waals surface area contributed by atoms with Crippen LogP contribution in [0.5, 0.6) is 0 Å². The number of fused-ring (bicyclic) bond motifs is 1. The molecule has 82 valence electrons. The van der Waals surface area contributed by atoms with Crippen LogP contribution in [0.15, 0.2) is 22.7 Å². The van der Waals surface area contributed by atoms with Crippen molar-refractivity contribution in [1.29, 1.82) is 0 Å². The lowest BCUT2D eigenvalue weighted by molar-refractivity contribution is 0.394. The van der Waals surface area contributed by atoms with Gasteiger partial charge in [-0.15, -0.1) is 0 Å². The second kappa shape index (κ2) is 3.42. The summed E-state index contributed by atoms with van der Waals surface area (Å²) in [5.41, 5.74) is 9.59. The Morgan fingerprint density at radius 2 is 2.31 bits per heavy atom.